The van der Waals surface area contributed by atoms with Crippen molar-refractivity contribution in [1.29, 1.82) is 0 Å². The lowest BCUT2D eigenvalue weighted by molar-refractivity contribution is -0.158. The highest BCUT2D eigenvalue weighted by atomic mass is 31.2. The van der Waals surface area contributed by atoms with Gasteiger partial charge in [-0.1, -0.05) is 18.2 Å². The Morgan fingerprint density at radius 2 is 2.03 bits per heavy atom. The van der Waals surface area contributed by atoms with Gasteiger partial charge in [0.25, 0.3) is 5.56 Å². The van der Waals surface area contributed by atoms with Crippen LogP contribution in [0.25, 0.3) is 0 Å². The second kappa shape index (κ2) is 10.3. The molecule has 1 N–H and O–H groups in total. The molecule has 186 valence electrons. The lowest BCUT2D eigenvalue weighted by Crippen LogP contribution is -2.54. The number of phosphoric acid groups is 1. The number of H-pyrrole nitrogens is 1. The van der Waals surface area contributed by atoms with Gasteiger partial charge in [-0.05, 0) is 32.4 Å². The Kier molecular flexibility index (Phi) is 7.89. The molecule has 4 atom stereocenters. The third kappa shape index (κ3) is 5.70. The van der Waals surface area contributed by atoms with E-state index in [9.17, 15) is 18.9 Å². The van der Waals surface area contributed by atoms with Crippen molar-refractivity contribution in [3.63, 3.8) is 0 Å². The van der Waals surface area contributed by atoms with Crippen LogP contribution in [0.5, 0.6) is 0 Å². The van der Waals surface area contributed by atoms with Crippen molar-refractivity contribution in [3.05, 3.63) is 68.5 Å². The number of phosphoric ester groups is 1. The number of methoxy groups -OCH3 is 1. The second-order valence-electron chi connectivity index (χ2n) is 7.93. The van der Waals surface area contributed by atoms with E-state index in [2.05, 4.69) is 0 Å². The highest BCUT2D eigenvalue weighted by molar-refractivity contribution is 7.48. The number of esters is 1. The summed E-state index contributed by atoms with van der Waals surface area (Å²) in [5.74, 6) is -3.20. The summed E-state index contributed by atoms with van der Waals surface area (Å²) >= 11 is 0. The van der Waals surface area contributed by atoms with Crippen LogP contribution in [0.3, 0.4) is 0 Å². The number of ether oxygens (including phenoxy) is 2. The van der Waals surface area contributed by atoms with Gasteiger partial charge < -0.3 is 9.47 Å². The molecule has 0 aliphatic carbocycles. The summed E-state index contributed by atoms with van der Waals surface area (Å²) in [4.78, 5) is 37.8. The van der Waals surface area contributed by atoms with E-state index in [0.717, 1.165) is 19.2 Å². The Balaban J connectivity index is 1.84. The lowest BCUT2D eigenvalue weighted by Gasteiger charge is -2.40. The average molecular weight is 500 g/mol. The molecule has 2 aromatic rings. The van der Waals surface area contributed by atoms with Crippen molar-refractivity contribution in [3.8, 4) is 0 Å². The number of nitrogens with one attached hydrogen (secondary N) is 1. The third-order valence-corrected chi connectivity index (χ3v) is 6.45. The van der Waals surface area contributed by atoms with E-state index < -0.39 is 43.0 Å². The third-order valence-electron chi connectivity index (χ3n) is 5.05. The van der Waals surface area contributed by atoms with E-state index in [1.54, 1.807) is 32.0 Å². The summed E-state index contributed by atoms with van der Waals surface area (Å²) in [6.45, 7) is 3.68. The van der Waals surface area contributed by atoms with Gasteiger partial charge >= 0.3 is 19.5 Å². The lowest BCUT2D eigenvalue weighted by atomic mass is 10.0. The minimum atomic E-state index is -4.36. The minimum absolute atomic E-state index is 0.196. The number of benzene rings is 1. The van der Waals surface area contributed by atoms with Crippen LogP contribution in [0, 0.1) is 0 Å². The first-order chi connectivity index (χ1) is 16.0. The number of aromatic amines is 1. The van der Waals surface area contributed by atoms with E-state index in [1.807, 2.05) is 4.98 Å². The van der Waals surface area contributed by atoms with Crippen molar-refractivity contribution < 1.29 is 36.8 Å². The summed E-state index contributed by atoms with van der Waals surface area (Å²) < 4.78 is 56.1. The van der Waals surface area contributed by atoms with Crippen LogP contribution < -0.4 is 11.2 Å². The number of halogens is 1. The van der Waals surface area contributed by atoms with Crippen LogP contribution in [-0.4, -0.2) is 47.5 Å². The molecule has 1 aliphatic rings. The highest BCUT2D eigenvalue weighted by Gasteiger charge is 2.52. The Hall–Kier alpha value is -2.63. The van der Waals surface area contributed by atoms with Crippen LogP contribution >= 0.6 is 7.82 Å². The van der Waals surface area contributed by atoms with Crippen molar-refractivity contribution in [1.82, 2.24) is 9.55 Å². The summed E-state index contributed by atoms with van der Waals surface area (Å²) in [6.07, 6.45) is -2.07. The zero-order valence-electron chi connectivity index (χ0n) is 19.1. The summed E-state index contributed by atoms with van der Waals surface area (Å²) in [5.41, 5.74) is -1.20. The fourth-order valence-electron chi connectivity index (χ4n) is 3.35. The number of hydrogen-bond acceptors (Lipinski definition) is 9. The van der Waals surface area contributed by atoms with Gasteiger partial charge in [0.2, 0.25) is 5.79 Å². The molecule has 11 nitrogen and oxygen atoms in total. The maximum atomic E-state index is 15.9. The Bertz CT molecular complexity index is 1190. The smallest absolute Gasteiger partial charge is 0.459 e. The minimum Gasteiger partial charge on any atom is -0.459 e. The van der Waals surface area contributed by atoms with Gasteiger partial charge in [0.15, 0.2) is 6.10 Å². The molecule has 0 amide bonds. The molecule has 0 spiro atoms. The molecule has 1 saturated heterocycles. The second-order valence-corrected chi connectivity index (χ2v) is 9.55. The van der Waals surface area contributed by atoms with E-state index >= 15 is 4.39 Å². The maximum Gasteiger partial charge on any atom is 0.475 e. The van der Waals surface area contributed by atoms with Gasteiger partial charge in [-0.2, -0.15) is 0 Å². The number of rotatable bonds is 8. The van der Waals surface area contributed by atoms with E-state index in [1.165, 1.54) is 13.2 Å². The van der Waals surface area contributed by atoms with Crippen LogP contribution in [0.15, 0.2) is 46.1 Å². The molecular weight excluding hydrogens is 474 g/mol. The van der Waals surface area contributed by atoms with Crippen molar-refractivity contribution in [2.75, 3.05) is 13.7 Å². The van der Waals surface area contributed by atoms with Gasteiger partial charge in [0.1, 0.15) is 6.10 Å². The molecule has 0 radical (unpaired) electrons. The number of nitrogens with zero attached hydrogens (tertiary/aromatic N) is 1. The number of carbonyl (C=O) groups is 1. The van der Waals surface area contributed by atoms with Crippen LogP contribution in [-0.2, 0) is 40.0 Å². The molecule has 1 unspecified atom stereocenters. The van der Waals surface area contributed by atoms with Crippen LogP contribution in [0.1, 0.15) is 36.7 Å². The van der Waals surface area contributed by atoms with Crippen molar-refractivity contribution >= 4 is 13.8 Å². The van der Waals surface area contributed by atoms with Crippen molar-refractivity contribution in [2.45, 2.75) is 51.5 Å². The van der Waals surface area contributed by atoms with Gasteiger partial charge in [0.05, 0.1) is 24.9 Å². The number of alkyl halides is 1. The van der Waals surface area contributed by atoms with Crippen molar-refractivity contribution in [2.24, 2.45) is 0 Å². The monoisotopic (exact) mass is 500 g/mol. The molecule has 3 rings (SSSR count). The number of hydrogen-bond donors (Lipinski definition) is 1. The van der Waals surface area contributed by atoms with Gasteiger partial charge in [-0.15, -0.1) is 0 Å². The van der Waals surface area contributed by atoms with E-state index in [0.29, 0.717) is 10.1 Å². The molecule has 13 heteroatoms. The predicted octanol–water partition coefficient (Wildman–Crippen LogP) is 2.50. The first kappa shape index (κ1) is 26.0. The topological polar surface area (TPSA) is 135 Å². The first-order valence-corrected chi connectivity index (χ1v) is 11.8. The quantitative estimate of drug-likeness (QED) is 0.428. The highest BCUT2D eigenvalue weighted by Crippen LogP contribution is 2.56. The fraction of sp³-hybridized carbons (Fsp3) is 0.476. The zero-order chi connectivity index (χ0) is 25.1. The Morgan fingerprint density at radius 3 is 2.68 bits per heavy atom. The Morgan fingerprint density at radius 1 is 1.32 bits per heavy atom. The molecule has 1 aromatic heterocycles. The summed E-state index contributed by atoms with van der Waals surface area (Å²) in [7, 11) is -3.10. The predicted molar refractivity (Wildman–Crippen MR) is 117 cm³/mol. The molecule has 1 aliphatic heterocycles. The summed E-state index contributed by atoms with van der Waals surface area (Å²) in [5, 5.41) is 0. The van der Waals surface area contributed by atoms with E-state index in [-0.39, 0.29) is 24.9 Å². The number of carbonyl (C=O) groups excluding carboxylic acids is 1. The van der Waals surface area contributed by atoms with E-state index in [4.69, 9.17) is 23.0 Å². The first-order valence-electron chi connectivity index (χ1n) is 10.4. The van der Waals surface area contributed by atoms with Gasteiger partial charge in [-0.3, -0.25) is 27.9 Å². The molecule has 1 aromatic carbocycles. The maximum absolute atomic E-state index is 15.9. The molecule has 2 heterocycles. The SMILES string of the molecule is CO[C@@H]1COP(=O)(OCc2ccccc2C(=O)OC(C)C)O[C@H]1[C@@](C)(F)n1ccc(=O)[nH]c1=O. The fourth-order valence-corrected chi connectivity index (χ4v) is 4.78. The van der Waals surface area contributed by atoms with Crippen LogP contribution in [0.2, 0.25) is 0 Å². The molecule has 0 saturated carbocycles. The molecule has 0 bridgehead atoms. The Labute approximate surface area is 194 Å². The normalized spacial score (nSPS) is 24.5. The largest absolute Gasteiger partial charge is 0.475 e. The zero-order valence-corrected chi connectivity index (χ0v) is 20.0. The van der Waals surface area contributed by atoms with Gasteiger partial charge in [0, 0.05) is 19.4 Å². The number of aromatic nitrogens is 2. The average Bonchev–Trinajstić information content (AvgIpc) is 2.77. The van der Waals surface area contributed by atoms with Crippen LogP contribution in [0.4, 0.5) is 4.39 Å². The van der Waals surface area contributed by atoms with Gasteiger partial charge in [-0.25, -0.2) is 18.5 Å². The summed E-state index contributed by atoms with van der Waals surface area (Å²) in [6, 6.07) is 7.33. The molecule has 1 fully saturated rings. The standard InChI is InChI=1S/C21H26FN2O9P/c1-13(2)32-19(26)15-8-6-5-7-14(15)11-30-34(28)31-12-16(29-4)18(33-34)21(3,22)24-10-9-17(25)23-20(24)27/h5-10,13,16,18H,11-12H2,1-4H3,(H,23,25,27)/t16-,18-,21+,34?/m1/s1. The molecular formula is C21H26FN2O9P. The molecule has 34 heavy (non-hydrogen) atoms.